The van der Waals surface area contributed by atoms with Gasteiger partial charge in [0.1, 0.15) is 9.67 Å². The average molecular weight is 383 g/mol. The second kappa shape index (κ2) is 6.43. The molecule has 0 aliphatic rings. The lowest BCUT2D eigenvalue weighted by atomic mass is 10.0. The van der Waals surface area contributed by atoms with Crippen LogP contribution in [-0.4, -0.2) is 19.1 Å². The predicted molar refractivity (Wildman–Crippen MR) is 90.5 cm³/mol. The van der Waals surface area contributed by atoms with Crippen LogP contribution in [0.4, 0.5) is 0 Å². The molecule has 2 aromatic carbocycles. The highest BCUT2D eigenvalue weighted by atomic mass is 127. The Kier molecular flexibility index (Phi) is 4.86. The maximum atomic E-state index is 12.1. The van der Waals surface area contributed by atoms with Crippen molar-refractivity contribution in [2.45, 2.75) is 23.8 Å². The first-order valence-electron chi connectivity index (χ1n) is 6.53. The molecule has 0 radical (unpaired) electrons. The Morgan fingerprint density at radius 3 is 2.45 bits per heavy atom. The van der Waals surface area contributed by atoms with Crippen LogP contribution < -0.4 is 10.1 Å². The number of rotatable bonds is 4. The Morgan fingerprint density at radius 1 is 1.15 bits per heavy atom. The maximum Gasteiger partial charge on any atom is 0.237 e. The van der Waals surface area contributed by atoms with Crippen molar-refractivity contribution in [2.75, 3.05) is 7.11 Å². The van der Waals surface area contributed by atoms with Gasteiger partial charge >= 0.3 is 0 Å². The van der Waals surface area contributed by atoms with Crippen molar-refractivity contribution in [1.82, 2.24) is 5.32 Å². The molecule has 2 rings (SSSR count). The summed E-state index contributed by atoms with van der Waals surface area (Å²) in [4.78, 5) is 12.1. The molecular formula is C16H18INO2. The first kappa shape index (κ1) is 15.1. The zero-order valence-electron chi connectivity index (χ0n) is 11.8. The van der Waals surface area contributed by atoms with Gasteiger partial charge in [-0.1, -0.05) is 40.8 Å². The minimum atomic E-state index is -0.179. The number of nitrogens with one attached hydrogen (secondary N) is 1. The summed E-state index contributed by atoms with van der Waals surface area (Å²) in [7, 11) is 1.66. The van der Waals surface area contributed by atoms with Gasteiger partial charge in [0.15, 0.2) is 0 Å². The Labute approximate surface area is 132 Å². The van der Waals surface area contributed by atoms with E-state index in [-0.39, 0.29) is 15.9 Å². The van der Waals surface area contributed by atoms with Gasteiger partial charge in [0.05, 0.1) is 7.11 Å². The molecule has 0 spiro atoms. The fraction of sp³-hybridized carbons (Fsp3) is 0.312. The lowest BCUT2D eigenvalue weighted by molar-refractivity contribution is -0.120. The van der Waals surface area contributed by atoms with Gasteiger partial charge in [-0.25, -0.2) is 0 Å². The number of methoxy groups -OCH3 is 1. The normalized spacial score (nSPS) is 12.4. The van der Waals surface area contributed by atoms with E-state index in [0.717, 1.165) is 22.1 Å². The summed E-state index contributed by atoms with van der Waals surface area (Å²) in [5.41, 5.74) is 1.02. The van der Waals surface area contributed by atoms with E-state index in [2.05, 4.69) is 34.0 Å². The molecule has 20 heavy (non-hydrogen) atoms. The minimum absolute atomic E-state index is 0.0495. The first-order chi connectivity index (χ1) is 9.51. The summed E-state index contributed by atoms with van der Waals surface area (Å²) in [6.07, 6.45) is 0. The predicted octanol–water partition coefficient (Wildman–Crippen LogP) is 3.85. The monoisotopic (exact) mass is 383 g/mol. The zero-order chi connectivity index (χ0) is 14.7. The fourth-order valence-corrected chi connectivity index (χ4v) is 2.60. The van der Waals surface area contributed by atoms with Crippen LogP contribution in [-0.2, 0) is 4.79 Å². The molecule has 0 heterocycles. The third kappa shape index (κ3) is 3.42. The SMILES string of the molecule is COc1ccc2cc(C(I)C(=O)NC(C)C)ccc2c1. The fourth-order valence-electron chi connectivity index (χ4n) is 2.04. The van der Waals surface area contributed by atoms with Gasteiger partial charge in [0.25, 0.3) is 0 Å². The molecule has 0 fully saturated rings. The summed E-state index contributed by atoms with van der Waals surface area (Å²) in [6.45, 7) is 3.93. The topological polar surface area (TPSA) is 38.3 Å². The smallest absolute Gasteiger partial charge is 0.237 e. The molecule has 0 saturated carbocycles. The van der Waals surface area contributed by atoms with Crippen LogP contribution in [0.2, 0.25) is 0 Å². The highest BCUT2D eigenvalue weighted by Crippen LogP contribution is 2.28. The van der Waals surface area contributed by atoms with Crippen LogP contribution in [0.25, 0.3) is 10.8 Å². The van der Waals surface area contributed by atoms with Crippen molar-refractivity contribution in [3.63, 3.8) is 0 Å². The number of hydrogen-bond acceptors (Lipinski definition) is 2. The number of alkyl halides is 1. The van der Waals surface area contributed by atoms with Crippen LogP contribution in [0, 0.1) is 0 Å². The van der Waals surface area contributed by atoms with E-state index in [1.54, 1.807) is 7.11 Å². The van der Waals surface area contributed by atoms with Gasteiger partial charge in [-0.3, -0.25) is 4.79 Å². The van der Waals surface area contributed by atoms with Gasteiger partial charge in [-0.2, -0.15) is 0 Å². The molecule has 0 aliphatic carbocycles. The quantitative estimate of drug-likeness (QED) is 0.644. The van der Waals surface area contributed by atoms with Crippen LogP contribution >= 0.6 is 22.6 Å². The van der Waals surface area contributed by atoms with Crippen LogP contribution in [0.15, 0.2) is 36.4 Å². The Balaban J connectivity index is 2.29. The van der Waals surface area contributed by atoms with E-state index < -0.39 is 0 Å². The number of halogens is 1. The van der Waals surface area contributed by atoms with Gasteiger partial charge in [-0.15, -0.1) is 0 Å². The lowest BCUT2D eigenvalue weighted by Crippen LogP contribution is -2.32. The van der Waals surface area contributed by atoms with E-state index in [1.807, 2.05) is 44.2 Å². The Bertz CT molecular complexity index is 625. The van der Waals surface area contributed by atoms with E-state index in [4.69, 9.17) is 4.74 Å². The largest absolute Gasteiger partial charge is 0.497 e. The van der Waals surface area contributed by atoms with Crippen LogP contribution in [0.5, 0.6) is 5.75 Å². The van der Waals surface area contributed by atoms with Crippen molar-refractivity contribution >= 4 is 39.3 Å². The molecule has 4 heteroatoms. The van der Waals surface area contributed by atoms with Gasteiger partial charge < -0.3 is 10.1 Å². The molecule has 3 nitrogen and oxygen atoms in total. The molecule has 1 amide bonds. The van der Waals surface area contributed by atoms with Crippen LogP contribution in [0.3, 0.4) is 0 Å². The third-order valence-corrected chi connectivity index (χ3v) is 4.31. The third-order valence-electron chi connectivity index (χ3n) is 3.03. The molecule has 1 atom stereocenters. The summed E-state index contributed by atoms with van der Waals surface area (Å²) in [5.74, 6) is 0.891. The summed E-state index contributed by atoms with van der Waals surface area (Å²) in [5, 5.41) is 5.17. The molecule has 0 aliphatic heterocycles. The van der Waals surface area contributed by atoms with Crippen LogP contribution in [0.1, 0.15) is 23.3 Å². The molecule has 0 aromatic heterocycles. The number of ether oxygens (including phenoxy) is 1. The average Bonchev–Trinajstić information content (AvgIpc) is 2.44. The van der Waals surface area contributed by atoms with Gasteiger partial charge in [0.2, 0.25) is 5.91 Å². The second-order valence-corrected chi connectivity index (χ2v) is 6.24. The number of amides is 1. The number of benzene rings is 2. The summed E-state index contributed by atoms with van der Waals surface area (Å²) >= 11 is 2.18. The van der Waals surface area contributed by atoms with Crippen molar-refractivity contribution in [3.8, 4) is 5.75 Å². The molecule has 0 saturated heterocycles. The van der Waals surface area contributed by atoms with Gasteiger partial charge in [-0.05, 0) is 48.4 Å². The number of hydrogen-bond donors (Lipinski definition) is 1. The summed E-state index contributed by atoms with van der Waals surface area (Å²) < 4.78 is 5.04. The van der Waals surface area contributed by atoms with E-state index in [1.165, 1.54) is 0 Å². The highest BCUT2D eigenvalue weighted by molar-refractivity contribution is 14.1. The maximum absolute atomic E-state index is 12.1. The molecule has 106 valence electrons. The Hall–Kier alpha value is -1.30. The molecule has 1 N–H and O–H groups in total. The second-order valence-electron chi connectivity index (χ2n) is 5.00. The molecular weight excluding hydrogens is 365 g/mol. The molecule has 0 bridgehead atoms. The van der Waals surface area contributed by atoms with E-state index in [0.29, 0.717) is 0 Å². The molecule has 1 unspecified atom stereocenters. The van der Waals surface area contributed by atoms with Crippen molar-refractivity contribution < 1.29 is 9.53 Å². The molecule has 2 aromatic rings. The van der Waals surface area contributed by atoms with E-state index >= 15 is 0 Å². The number of fused-ring (bicyclic) bond motifs is 1. The number of carbonyl (C=O) groups excluding carboxylic acids is 1. The van der Waals surface area contributed by atoms with Crippen molar-refractivity contribution in [3.05, 3.63) is 42.0 Å². The zero-order valence-corrected chi connectivity index (χ0v) is 14.0. The number of carbonyl (C=O) groups is 1. The summed E-state index contributed by atoms with van der Waals surface area (Å²) in [6, 6.07) is 12.2. The minimum Gasteiger partial charge on any atom is -0.497 e. The highest BCUT2D eigenvalue weighted by Gasteiger charge is 2.17. The van der Waals surface area contributed by atoms with Gasteiger partial charge in [0, 0.05) is 6.04 Å². The van der Waals surface area contributed by atoms with E-state index in [9.17, 15) is 4.79 Å². The Morgan fingerprint density at radius 2 is 1.80 bits per heavy atom. The van der Waals surface area contributed by atoms with Crippen molar-refractivity contribution in [1.29, 1.82) is 0 Å². The van der Waals surface area contributed by atoms with Crippen molar-refractivity contribution in [2.24, 2.45) is 0 Å². The lowest BCUT2D eigenvalue weighted by Gasteiger charge is -2.14. The standard InChI is InChI=1S/C16H18INO2/c1-10(2)18-16(19)15(17)13-5-4-12-9-14(20-3)7-6-11(12)8-13/h4-10,15H,1-3H3,(H,18,19). The first-order valence-corrected chi connectivity index (χ1v) is 7.78.